The molecule has 1 aliphatic carbocycles. The second-order valence-electron chi connectivity index (χ2n) is 6.80. The minimum atomic E-state index is 0.327. The van der Waals surface area contributed by atoms with Crippen molar-refractivity contribution >= 4 is 5.96 Å². The monoisotopic (exact) mass is 310 g/mol. The van der Waals surface area contributed by atoms with Gasteiger partial charge in [0, 0.05) is 44.7 Å². The molecule has 0 atom stereocenters. The van der Waals surface area contributed by atoms with Crippen molar-refractivity contribution in [3.63, 3.8) is 0 Å². The van der Waals surface area contributed by atoms with Crippen LogP contribution in [0, 0.1) is 5.41 Å². The van der Waals surface area contributed by atoms with Gasteiger partial charge in [0.05, 0.1) is 13.2 Å². The standard InChI is InChI=1S/C17H34N4O/c1-3-21(4-2)16(18)19-14-17(8-6-5-7-9-17)15-20-10-12-22-13-11-20/h3-15H2,1-2H3,(H2,18,19). The Morgan fingerprint density at radius 3 is 2.36 bits per heavy atom. The quantitative estimate of drug-likeness (QED) is 0.601. The Kier molecular flexibility index (Phi) is 6.96. The summed E-state index contributed by atoms with van der Waals surface area (Å²) in [5, 5.41) is 0. The van der Waals surface area contributed by atoms with E-state index in [4.69, 9.17) is 15.5 Å². The lowest BCUT2D eigenvalue weighted by Gasteiger charge is -2.41. The number of aliphatic imine (C=N–C) groups is 1. The van der Waals surface area contributed by atoms with Gasteiger partial charge in [-0.25, -0.2) is 0 Å². The molecule has 1 heterocycles. The second-order valence-corrected chi connectivity index (χ2v) is 6.80. The number of hydrogen-bond acceptors (Lipinski definition) is 3. The van der Waals surface area contributed by atoms with Crippen LogP contribution >= 0.6 is 0 Å². The van der Waals surface area contributed by atoms with Gasteiger partial charge in [-0.2, -0.15) is 0 Å². The minimum absolute atomic E-state index is 0.327. The molecule has 2 N–H and O–H groups in total. The van der Waals surface area contributed by atoms with Crippen LogP contribution in [-0.4, -0.2) is 68.2 Å². The van der Waals surface area contributed by atoms with E-state index in [0.29, 0.717) is 5.41 Å². The molecule has 0 amide bonds. The minimum Gasteiger partial charge on any atom is -0.379 e. The molecule has 1 saturated carbocycles. The molecule has 0 radical (unpaired) electrons. The van der Waals surface area contributed by atoms with Gasteiger partial charge in [0.1, 0.15) is 0 Å². The predicted molar refractivity (Wildman–Crippen MR) is 92.2 cm³/mol. The Morgan fingerprint density at radius 2 is 1.77 bits per heavy atom. The van der Waals surface area contributed by atoms with Gasteiger partial charge in [-0.05, 0) is 26.7 Å². The number of ether oxygens (including phenoxy) is 1. The van der Waals surface area contributed by atoms with E-state index >= 15 is 0 Å². The maximum Gasteiger partial charge on any atom is 0.191 e. The van der Waals surface area contributed by atoms with Crippen LogP contribution in [0.1, 0.15) is 46.0 Å². The van der Waals surface area contributed by atoms with Crippen molar-refractivity contribution in [3.8, 4) is 0 Å². The van der Waals surface area contributed by atoms with E-state index in [1.807, 2.05) is 0 Å². The molecule has 5 heteroatoms. The molecule has 0 bridgehead atoms. The van der Waals surface area contributed by atoms with E-state index in [9.17, 15) is 0 Å². The molecule has 128 valence electrons. The van der Waals surface area contributed by atoms with Crippen LogP contribution in [0.4, 0.5) is 0 Å². The Bertz CT molecular complexity index is 343. The van der Waals surface area contributed by atoms with E-state index in [1.165, 1.54) is 32.1 Å². The summed E-state index contributed by atoms with van der Waals surface area (Å²) in [5.41, 5.74) is 6.52. The molecule has 22 heavy (non-hydrogen) atoms. The highest BCUT2D eigenvalue weighted by Gasteiger charge is 2.34. The van der Waals surface area contributed by atoms with Crippen LogP contribution in [0.15, 0.2) is 4.99 Å². The number of morpholine rings is 1. The summed E-state index contributed by atoms with van der Waals surface area (Å²) in [6.45, 7) is 12.1. The Morgan fingerprint density at radius 1 is 1.14 bits per heavy atom. The van der Waals surface area contributed by atoms with Gasteiger partial charge < -0.3 is 15.4 Å². The zero-order valence-electron chi connectivity index (χ0n) is 14.5. The van der Waals surface area contributed by atoms with Crippen LogP contribution in [0.25, 0.3) is 0 Å². The second kappa shape index (κ2) is 8.73. The molecule has 2 rings (SSSR count). The summed E-state index contributed by atoms with van der Waals surface area (Å²) in [6, 6.07) is 0. The molecule has 2 aliphatic rings. The van der Waals surface area contributed by atoms with Crippen molar-refractivity contribution < 1.29 is 4.74 Å². The molecule has 1 saturated heterocycles. The molecule has 0 aromatic carbocycles. The fraction of sp³-hybridized carbons (Fsp3) is 0.941. The molecule has 0 unspecified atom stereocenters. The first kappa shape index (κ1) is 17.5. The Balaban J connectivity index is 1.99. The lowest BCUT2D eigenvalue weighted by Crippen LogP contribution is -2.46. The highest BCUT2D eigenvalue weighted by Crippen LogP contribution is 2.37. The first-order valence-corrected chi connectivity index (χ1v) is 9.04. The van der Waals surface area contributed by atoms with Gasteiger partial charge in [-0.1, -0.05) is 19.3 Å². The molecule has 0 aromatic heterocycles. The van der Waals surface area contributed by atoms with Crippen LogP contribution in [0.5, 0.6) is 0 Å². The van der Waals surface area contributed by atoms with E-state index < -0.39 is 0 Å². The van der Waals surface area contributed by atoms with Crippen molar-refractivity contribution in [1.29, 1.82) is 0 Å². The van der Waals surface area contributed by atoms with E-state index in [0.717, 1.165) is 58.4 Å². The number of nitrogens with zero attached hydrogens (tertiary/aromatic N) is 3. The topological polar surface area (TPSA) is 54.1 Å². The number of rotatable bonds is 6. The third kappa shape index (κ3) is 4.85. The lowest BCUT2D eigenvalue weighted by atomic mass is 9.73. The average Bonchev–Trinajstić information content (AvgIpc) is 2.56. The maximum atomic E-state index is 6.19. The number of hydrogen-bond donors (Lipinski definition) is 1. The van der Waals surface area contributed by atoms with Gasteiger partial charge in [0.15, 0.2) is 5.96 Å². The molecule has 5 nitrogen and oxygen atoms in total. The van der Waals surface area contributed by atoms with Gasteiger partial charge in [-0.15, -0.1) is 0 Å². The Hall–Kier alpha value is -0.810. The summed E-state index contributed by atoms with van der Waals surface area (Å²) in [6.07, 6.45) is 6.63. The molecule has 1 aliphatic heterocycles. The number of nitrogens with two attached hydrogens (primary N) is 1. The van der Waals surface area contributed by atoms with E-state index in [2.05, 4.69) is 23.6 Å². The third-order valence-electron chi connectivity index (χ3n) is 5.24. The summed E-state index contributed by atoms with van der Waals surface area (Å²) < 4.78 is 5.48. The third-order valence-corrected chi connectivity index (χ3v) is 5.24. The lowest BCUT2D eigenvalue weighted by molar-refractivity contribution is 0.00934. The highest BCUT2D eigenvalue weighted by molar-refractivity contribution is 5.78. The fourth-order valence-corrected chi connectivity index (χ4v) is 3.80. The predicted octanol–water partition coefficient (Wildman–Crippen LogP) is 1.93. The molecular formula is C17H34N4O. The summed E-state index contributed by atoms with van der Waals surface area (Å²) in [7, 11) is 0. The SMILES string of the molecule is CCN(CC)C(N)=NCC1(CN2CCOCC2)CCCCC1. The fourth-order valence-electron chi connectivity index (χ4n) is 3.80. The average molecular weight is 310 g/mol. The van der Waals surface area contributed by atoms with E-state index in [1.54, 1.807) is 0 Å². The largest absolute Gasteiger partial charge is 0.379 e. The zero-order chi connectivity index (χ0) is 15.8. The van der Waals surface area contributed by atoms with Gasteiger partial charge in [0.2, 0.25) is 0 Å². The molecule has 0 spiro atoms. The summed E-state index contributed by atoms with van der Waals surface area (Å²) in [4.78, 5) is 9.50. The normalized spacial score (nSPS) is 23.5. The van der Waals surface area contributed by atoms with Crippen molar-refractivity contribution in [2.75, 3.05) is 52.5 Å². The van der Waals surface area contributed by atoms with Gasteiger partial charge in [-0.3, -0.25) is 9.89 Å². The first-order chi connectivity index (χ1) is 10.7. The maximum absolute atomic E-state index is 6.19. The summed E-state index contributed by atoms with van der Waals surface area (Å²) in [5.74, 6) is 0.719. The van der Waals surface area contributed by atoms with Gasteiger partial charge >= 0.3 is 0 Å². The molecule has 2 fully saturated rings. The molecule has 0 aromatic rings. The molecular weight excluding hydrogens is 276 g/mol. The zero-order valence-corrected chi connectivity index (χ0v) is 14.5. The van der Waals surface area contributed by atoms with Crippen molar-refractivity contribution in [2.24, 2.45) is 16.1 Å². The van der Waals surface area contributed by atoms with Gasteiger partial charge in [0.25, 0.3) is 0 Å². The van der Waals surface area contributed by atoms with Crippen molar-refractivity contribution in [1.82, 2.24) is 9.80 Å². The van der Waals surface area contributed by atoms with Crippen molar-refractivity contribution in [2.45, 2.75) is 46.0 Å². The van der Waals surface area contributed by atoms with Crippen LogP contribution in [-0.2, 0) is 4.74 Å². The van der Waals surface area contributed by atoms with Crippen LogP contribution in [0.2, 0.25) is 0 Å². The first-order valence-electron chi connectivity index (χ1n) is 9.04. The smallest absolute Gasteiger partial charge is 0.191 e. The Labute approximate surface area is 135 Å². The summed E-state index contributed by atoms with van der Waals surface area (Å²) >= 11 is 0. The van der Waals surface area contributed by atoms with E-state index in [-0.39, 0.29) is 0 Å². The van der Waals surface area contributed by atoms with Crippen molar-refractivity contribution in [3.05, 3.63) is 0 Å². The van der Waals surface area contributed by atoms with Crippen LogP contribution < -0.4 is 5.73 Å². The highest BCUT2D eigenvalue weighted by atomic mass is 16.5. The number of guanidine groups is 1. The van der Waals surface area contributed by atoms with Crippen LogP contribution in [0.3, 0.4) is 0 Å².